The van der Waals surface area contributed by atoms with Crippen molar-refractivity contribution in [2.45, 2.75) is 13.5 Å². The number of rotatable bonds is 7. The highest BCUT2D eigenvalue weighted by Gasteiger charge is 2.20. The molecule has 1 saturated heterocycles. The Hall–Kier alpha value is -2.80. The fourth-order valence-corrected chi connectivity index (χ4v) is 3.29. The standard InChI is InChI=1S/C21H27N3O4/c1-4-28-21(25)16-5-8-20(22-14-16)24-11-9-23(10-12-24)15-17-13-18(26-2)6-7-19(17)27-3/h5-8,13-14H,4,9-12,15H2,1-3H3. The molecule has 2 aromatic rings. The van der Waals surface area contributed by atoms with Crippen LogP contribution in [-0.4, -0.2) is 62.9 Å². The van der Waals surface area contributed by atoms with Crippen molar-refractivity contribution in [1.29, 1.82) is 0 Å². The van der Waals surface area contributed by atoms with E-state index in [0.717, 1.165) is 55.6 Å². The Morgan fingerprint density at radius 1 is 1.07 bits per heavy atom. The average molecular weight is 385 g/mol. The second-order valence-electron chi connectivity index (χ2n) is 6.57. The molecule has 0 atom stereocenters. The first-order chi connectivity index (χ1) is 13.6. The van der Waals surface area contributed by atoms with Crippen LogP contribution in [0.25, 0.3) is 0 Å². The summed E-state index contributed by atoms with van der Waals surface area (Å²) in [5.74, 6) is 2.25. The number of anilines is 1. The third-order valence-electron chi connectivity index (χ3n) is 4.84. The van der Waals surface area contributed by atoms with Gasteiger partial charge in [0.1, 0.15) is 17.3 Å². The number of methoxy groups -OCH3 is 2. The Morgan fingerprint density at radius 2 is 1.86 bits per heavy atom. The summed E-state index contributed by atoms with van der Waals surface area (Å²) < 4.78 is 15.8. The summed E-state index contributed by atoms with van der Waals surface area (Å²) in [6.07, 6.45) is 1.58. The van der Waals surface area contributed by atoms with Crippen LogP contribution in [0, 0.1) is 0 Å². The number of esters is 1. The minimum Gasteiger partial charge on any atom is -0.497 e. The summed E-state index contributed by atoms with van der Waals surface area (Å²) in [7, 11) is 3.36. The highest BCUT2D eigenvalue weighted by atomic mass is 16.5. The SMILES string of the molecule is CCOC(=O)c1ccc(N2CCN(Cc3cc(OC)ccc3OC)CC2)nc1. The number of ether oxygens (including phenoxy) is 3. The number of pyridine rings is 1. The van der Waals surface area contributed by atoms with E-state index in [9.17, 15) is 4.79 Å². The monoisotopic (exact) mass is 385 g/mol. The van der Waals surface area contributed by atoms with Gasteiger partial charge >= 0.3 is 5.97 Å². The molecule has 0 spiro atoms. The van der Waals surface area contributed by atoms with Crippen LogP contribution in [0.1, 0.15) is 22.8 Å². The van der Waals surface area contributed by atoms with Crippen LogP contribution in [0.2, 0.25) is 0 Å². The summed E-state index contributed by atoms with van der Waals surface area (Å²) in [6, 6.07) is 9.53. The number of carbonyl (C=O) groups excluding carboxylic acids is 1. The highest BCUT2D eigenvalue weighted by Crippen LogP contribution is 2.26. The van der Waals surface area contributed by atoms with Gasteiger partial charge in [0.25, 0.3) is 0 Å². The van der Waals surface area contributed by atoms with Gasteiger partial charge in [0.15, 0.2) is 0 Å². The van der Waals surface area contributed by atoms with Crippen molar-refractivity contribution in [3.63, 3.8) is 0 Å². The fraction of sp³-hybridized carbons (Fsp3) is 0.429. The minimum absolute atomic E-state index is 0.335. The maximum absolute atomic E-state index is 11.7. The largest absolute Gasteiger partial charge is 0.497 e. The molecular weight excluding hydrogens is 358 g/mol. The summed E-state index contributed by atoms with van der Waals surface area (Å²) in [6.45, 7) is 6.55. The lowest BCUT2D eigenvalue weighted by Crippen LogP contribution is -2.46. The molecule has 0 saturated carbocycles. The molecule has 0 radical (unpaired) electrons. The topological polar surface area (TPSA) is 64.1 Å². The third-order valence-corrected chi connectivity index (χ3v) is 4.84. The van der Waals surface area contributed by atoms with Gasteiger partial charge in [0, 0.05) is 44.5 Å². The molecule has 0 N–H and O–H groups in total. The molecule has 1 aliphatic heterocycles. The van der Waals surface area contributed by atoms with Gasteiger partial charge in [-0.1, -0.05) is 0 Å². The van der Waals surface area contributed by atoms with Crippen molar-refractivity contribution in [2.75, 3.05) is 51.9 Å². The average Bonchev–Trinajstić information content (AvgIpc) is 2.74. The minimum atomic E-state index is -0.335. The molecule has 1 aromatic heterocycles. The van der Waals surface area contributed by atoms with E-state index in [0.29, 0.717) is 12.2 Å². The molecule has 0 bridgehead atoms. The van der Waals surface area contributed by atoms with E-state index in [1.165, 1.54) is 0 Å². The van der Waals surface area contributed by atoms with Crippen LogP contribution < -0.4 is 14.4 Å². The first-order valence-corrected chi connectivity index (χ1v) is 9.46. The molecule has 3 rings (SSSR count). The molecule has 1 aromatic carbocycles. The Labute approximate surface area is 165 Å². The molecule has 7 heteroatoms. The molecule has 0 aliphatic carbocycles. The predicted molar refractivity (Wildman–Crippen MR) is 107 cm³/mol. The van der Waals surface area contributed by atoms with Gasteiger partial charge < -0.3 is 19.1 Å². The van der Waals surface area contributed by atoms with Gasteiger partial charge in [-0.05, 0) is 37.3 Å². The molecular formula is C21H27N3O4. The van der Waals surface area contributed by atoms with Gasteiger partial charge in [-0.2, -0.15) is 0 Å². The van der Waals surface area contributed by atoms with E-state index >= 15 is 0 Å². The highest BCUT2D eigenvalue weighted by molar-refractivity contribution is 5.89. The second kappa shape index (κ2) is 9.41. The first-order valence-electron chi connectivity index (χ1n) is 9.46. The number of carbonyl (C=O) groups is 1. The number of aromatic nitrogens is 1. The smallest absolute Gasteiger partial charge is 0.339 e. The number of benzene rings is 1. The predicted octanol–water partition coefficient (Wildman–Crippen LogP) is 2.60. The van der Waals surface area contributed by atoms with Crippen molar-refractivity contribution in [2.24, 2.45) is 0 Å². The van der Waals surface area contributed by atoms with E-state index in [1.807, 2.05) is 24.3 Å². The molecule has 1 fully saturated rings. The van der Waals surface area contributed by atoms with Gasteiger partial charge in [-0.25, -0.2) is 9.78 Å². The normalized spacial score (nSPS) is 14.6. The Bertz CT molecular complexity index is 787. The molecule has 0 unspecified atom stereocenters. The number of hydrogen-bond donors (Lipinski definition) is 0. The number of hydrogen-bond acceptors (Lipinski definition) is 7. The van der Waals surface area contributed by atoms with Crippen LogP contribution >= 0.6 is 0 Å². The van der Waals surface area contributed by atoms with E-state index in [-0.39, 0.29) is 5.97 Å². The zero-order valence-corrected chi connectivity index (χ0v) is 16.7. The van der Waals surface area contributed by atoms with Crippen molar-refractivity contribution in [3.05, 3.63) is 47.7 Å². The van der Waals surface area contributed by atoms with E-state index in [4.69, 9.17) is 14.2 Å². The maximum atomic E-state index is 11.7. The van der Waals surface area contributed by atoms with E-state index in [2.05, 4.69) is 14.8 Å². The molecule has 2 heterocycles. The van der Waals surface area contributed by atoms with Gasteiger partial charge in [-0.3, -0.25) is 4.90 Å². The van der Waals surface area contributed by atoms with Gasteiger partial charge in [0.05, 0.1) is 26.4 Å². The summed E-state index contributed by atoms with van der Waals surface area (Å²) in [5, 5.41) is 0. The summed E-state index contributed by atoms with van der Waals surface area (Å²) in [5.41, 5.74) is 1.60. The molecule has 7 nitrogen and oxygen atoms in total. The summed E-state index contributed by atoms with van der Waals surface area (Å²) >= 11 is 0. The third kappa shape index (κ3) is 4.72. The lowest BCUT2D eigenvalue weighted by atomic mass is 10.1. The van der Waals surface area contributed by atoms with Crippen molar-refractivity contribution in [3.8, 4) is 11.5 Å². The van der Waals surface area contributed by atoms with Gasteiger partial charge in [0.2, 0.25) is 0 Å². The van der Waals surface area contributed by atoms with Crippen LogP contribution in [0.4, 0.5) is 5.82 Å². The maximum Gasteiger partial charge on any atom is 0.339 e. The van der Waals surface area contributed by atoms with Crippen LogP contribution in [0.3, 0.4) is 0 Å². The molecule has 1 aliphatic rings. The molecule has 28 heavy (non-hydrogen) atoms. The van der Waals surface area contributed by atoms with Crippen LogP contribution in [0.5, 0.6) is 11.5 Å². The zero-order chi connectivity index (χ0) is 19.9. The first kappa shape index (κ1) is 19.9. The van der Waals surface area contributed by atoms with Crippen molar-refractivity contribution < 1.29 is 19.0 Å². The quantitative estimate of drug-likeness (QED) is 0.679. The van der Waals surface area contributed by atoms with E-state index < -0.39 is 0 Å². The Kier molecular flexibility index (Phi) is 6.71. The molecule has 0 amide bonds. The fourth-order valence-electron chi connectivity index (χ4n) is 3.29. The lowest BCUT2D eigenvalue weighted by molar-refractivity contribution is 0.0526. The van der Waals surface area contributed by atoms with Crippen LogP contribution in [0.15, 0.2) is 36.5 Å². The van der Waals surface area contributed by atoms with Crippen molar-refractivity contribution in [1.82, 2.24) is 9.88 Å². The Balaban J connectivity index is 1.58. The number of nitrogens with zero attached hydrogens (tertiary/aromatic N) is 3. The lowest BCUT2D eigenvalue weighted by Gasteiger charge is -2.35. The van der Waals surface area contributed by atoms with Gasteiger partial charge in [-0.15, -0.1) is 0 Å². The Morgan fingerprint density at radius 3 is 2.46 bits per heavy atom. The molecule has 150 valence electrons. The second-order valence-corrected chi connectivity index (χ2v) is 6.57. The van der Waals surface area contributed by atoms with Crippen molar-refractivity contribution >= 4 is 11.8 Å². The number of piperazine rings is 1. The van der Waals surface area contributed by atoms with E-state index in [1.54, 1.807) is 33.4 Å². The zero-order valence-electron chi connectivity index (χ0n) is 16.7. The summed E-state index contributed by atoms with van der Waals surface area (Å²) in [4.78, 5) is 20.8. The van der Waals surface area contributed by atoms with Crippen LogP contribution in [-0.2, 0) is 11.3 Å².